The molecular formula is C24H20ClF5N4O4S. The maximum Gasteiger partial charge on any atom is 0.418 e. The molecule has 0 saturated carbocycles. The monoisotopic (exact) mass is 590 g/mol. The van der Waals surface area contributed by atoms with Gasteiger partial charge in [-0.3, -0.25) is 9.69 Å². The molecule has 1 atom stereocenters. The van der Waals surface area contributed by atoms with E-state index >= 15 is 0 Å². The van der Waals surface area contributed by atoms with Gasteiger partial charge >= 0.3 is 18.3 Å². The molecule has 39 heavy (non-hydrogen) atoms. The standard InChI is InChI=1S/C24H20ClF5N4O4S/c1-23(2,3)38-22(37)33-10-15(20(35)32(4)14-6-5-13(26)17(25)18(14)27)34(21(33)36)16-9-12(24(28,29)30)11-7-8-39-19(11)31-16/h5-9,15H,10H2,1-4H3/t15-/m0/s1. The second kappa shape index (κ2) is 9.90. The molecule has 0 N–H and O–H groups in total. The van der Waals surface area contributed by atoms with Gasteiger partial charge in [0.2, 0.25) is 0 Å². The number of amides is 4. The first-order valence-corrected chi connectivity index (χ1v) is 12.5. The summed E-state index contributed by atoms with van der Waals surface area (Å²) in [6, 6.07) is 0.738. The number of urea groups is 1. The molecule has 1 aliphatic rings. The number of pyridine rings is 1. The van der Waals surface area contributed by atoms with Crippen LogP contribution in [0.3, 0.4) is 0 Å². The average molecular weight is 591 g/mol. The number of halogens is 6. The normalized spacial score (nSPS) is 16.3. The van der Waals surface area contributed by atoms with Crippen LogP contribution < -0.4 is 9.80 Å². The minimum atomic E-state index is -4.84. The highest BCUT2D eigenvalue weighted by molar-refractivity contribution is 7.16. The number of carbonyl (C=O) groups excluding carboxylic acids is 3. The molecule has 4 amide bonds. The largest absolute Gasteiger partial charge is 0.443 e. The van der Waals surface area contributed by atoms with Crippen LogP contribution in [0, 0.1) is 11.6 Å². The van der Waals surface area contributed by atoms with Crippen LogP contribution in [0.15, 0.2) is 29.6 Å². The molecule has 1 aromatic carbocycles. The number of hydrogen-bond donors (Lipinski definition) is 0. The molecule has 1 aliphatic heterocycles. The highest BCUT2D eigenvalue weighted by Crippen LogP contribution is 2.40. The zero-order valence-corrected chi connectivity index (χ0v) is 22.3. The molecule has 8 nitrogen and oxygen atoms in total. The summed E-state index contributed by atoms with van der Waals surface area (Å²) in [5.41, 5.74) is -2.62. The van der Waals surface area contributed by atoms with Gasteiger partial charge in [0.25, 0.3) is 5.91 Å². The van der Waals surface area contributed by atoms with Crippen LogP contribution in [-0.4, -0.2) is 53.2 Å². The molecule has 3 aromatic rings. The summed E-state index contributed by atoms with van der Waals surface area (Å²) in [5.74, 6) is -3.93. The Balaban J connectivity index is 1.83. The Bertz CT molecular complexity index is 1490. The lowest BCUT2D eigenvalue weighted by atomic mass is 10.1. The van der Waals surface area contributed by atoms with Crippen LogP contribution >= 0.6 is 22.9 Å². The Labute approximate surface area is 227 Å². The van der Waals surface area contributed by atoms with Crippen molar-refractivity contribution in [3.63, 3.8) is 0 Å². The van der Waals surface area contributed by atoms with E-state index in [4.69, 9.17) is 16.3 Å². The molecule has 1 saturated heterocycles. The van der Waals surface area contributed by atoms with Crippen LogP contribution in [0.2, 0.25) is 5.02 Å². The Morgan fingerprint density at radius 1 is 1.18 bits per heavy atom. The van der Waals surface area contributed by atoms with E-state index in [-0.39, 0.29) is 10.2 Å². The molecule has 0 bridgehead atoms. The summed E-state index contributed by atoms with van der Waals surface area (Å²) >= 11 is 6.51. The molecular weight excluding hydrogens is 571 g/mol. The van der Waals surface area contributed by atoms with Gasteiger partial charge in [-0.1, -0.05) is 11.6 Å². The zero-order valence-electron chi connectivity index (χ0n) is 20.8. The van der Waals surface area contributed by atoms with Crippen molar-refractivity contribution in [3.8, 4) is 0 Å². The Kier molecular flexibility index (Phi) is 7.23. The number of aromatic nitrogens is 1. The first-order chi connectivity index (χ1) is 18.0. The number of hydrogen-bond acceptors (Lipinski definition) is 6. The summed E-state index contributed by atoms with van der Waals surface area (Å²) < 4.78 is 75.3. The molecule has 0 spiro atoms. The van der Waals surface area contributed by atoms with E-state index in [9.17, 15) is 36.3 Å². The number of ether oxygens (including phenoxy) is 1. The molecule has 0 radical (unpaired) electrons. The van der Waals surface area contributed by atoms with Gasteiger partial charge < -0.3 is 9.64 Å². The summed E-state index contributed by atoms with van der Waals surface area (Å²) in [7, 11) is 1.10. The van der Waals surface area contributed by atoms with Crippen LogP contribution in [0.4, 0.5) is 43.0 Å². The number of thiophene rings is 1. The average Bonchev–Trinajstić information content (AvgIpc) is 3.43. The number of imide groups is 1. The third kappa shape index (κ3) is 5.35. The Morgan fingerprint density at radius 2 is 1.85 bits per heavy atom. The van der Waals surface area contributed by atoms with E-state index in [2.05, 4.69) is 4.98 Å². The highest BCUT2D eigenvalue weighted by atomic mass is 35.5. The van der Waals surface area contributed by atoms with Gasteiger partial charge in [-0.15, -0.1) is 11.3 Å². The quantitative estimate of drug-likeness (QED) is 0.258. The smallest absolute Gasteiger partial charge is 0.418 e. The van der Waals surface area contributed by atoms with Crippen LogP contribution in [0.5, 0.6) is 0 Å². The van der Waals surface area contributed by atoms with Crippen molar-refractivity contribution in [2.75, 3.05) is 23.4 Å². The number of alkyl halides is 3. The predicted octanol–water partition coefficient (Wildman–Crippen LogP) is 6.46. The second-order valence-electron chi connectivity index (χ2n) is 9.52. The van der Waals surface area contributed by atoms with Crippen molar-refractivity contribution in [2.24, 2.45) is 0 Å². The lowest BCUT2D eigenvalue weighted by Crippen LogP contribution is -2.47. The van der Waals surface area contributed by atoms with Crippen LogP contribution in [0.25, 0.3) is 10.2 Å². The second-order valence-corrected chi connectivity index (χ2v) is 10.8. The lowest BCUT2D eigenvalue weighted by molar-refractivity contribution is -0.136. The van der Waals surface area contributed by atoms with Gasteiger partial charge in [0, 0.05) is 12.4 Å². The molecule has 0 unspecified atom stereocenters. The predicted molar refractivity (Wildman–Crippen MR) is 134 cm³/mol. The third-order valence-electron chi connectivity index (χ3n) is 5.69. The number of likely N-dealkylation sites (N-methyl/N-ethyl adjacent to an activating group) is 1. The maximum atomic E-state index is 14.7. The fourth-order valence-electron chi connectivity index (χ4n) is 3.92. The van der Waals surface area contributed by atoms with Crippen molar-refractivity contribution in [3.05, 3.63) is 51.9 Å². The molecule has 0 aliphatic carbocycles. The van der Waals surface area contributed by atoms with Gasteiger partial charge in [-0.2, -0.15) is 13.2 Å². The van der Waals surface area contributed by atoms with E-state index in [1.54, 1.807) is 0 Å². The van der Waals surface area contributed by atoms with Gasteiger partial charge in [0.15, 0.2) is 5.82 Å². The number of rotatable bonds is 3. The molecule has 3 heterocycles. The number of nitrogens with zero attached hydrogens (tertiary/aromatic N) is 4. The summed E-state index contributed by atoms with van der Waals surface area (Å²) in [4.78, 5) is 45.8. The van der Waals surface area contributed by atoms with E-state index in [0.717, 1.165) is 35.4 Å². The van der Waals surface area contributed by atoms with Gasteiger partial charge in [-0.05, 0) is 50.4 Å². The Hall–Kier alpha value is -3.52. The summed E-state index contributed by atoms with van der Waals surface area (Å²) in [5, 5.41) is 0.281. The number of benzene rings is 1. The van der Waals surface area contributed by atoms with E-state index in [1.807, 2.05) is 0 Å². The summed E-state index contributed by atoms with van der Waals surface area (Å²) in [6.07, 6.45) is -5.99. The zero-order chi connectivity index (χ0) is 29.0. The number of fused-ring (bicyclic) bond motifs is 1. The third-order valence-corrected chi connectivity index (χ3v) is 6.84. The summed E-state index contributed by atoms with van der Waals surface area (Å²) in [6.45, 7) is 3.94. The minimum absolute atomic E-state index is 0.0701. The fraction of sp³-hybridized carbons (Fsp3) is 0.333. The van der Waals surface area contributed by atoms with Crippen molar-refractivity contribution in [1.82, 2.24) is 9.88 Å². The SMILES string of the molecule is CN(C(=O)[C@@H]1CN(C(=O)OC(C)(C)C)C(=O)N1c1cc(C(F)(F)F)c2ccsc2n1)c1ccc(F)c(Cl)c1F. The molecule has 1 fully saturated rings. The van der Waals surface area contributed by atoms with Gasteiger partial charge in [-0.25, -0.2) is 28.3 Å². The van der Waals surface area contributed by atoms with Crippen molar-refractivity contribution >= 4 is 62.7 Å². The van der Waals surface area contributed by atoms with E-state index in [0.29, 0.717) is 15.9 Å². The lowest BCUT2D eigenvalue weighted by Gasteiger charge is -2.27. The molecule has 2 aromatic heterocycles. The fourth-order valence-corrected chi connectivity index (χ4v) is 4.87. The van der Waals surface area contributed by atoms with E-state index < -0.39 is 76.1 Å². The minimum Gasteiger partial charge on any atom is -0.443 e. The first-order valence-electron chi connectivity index (χ1n) is 11.2. The van der Waals surface area contributed by atoms with Crippen LogP contribution in [0.1, 0.15) is 26.3 Å². The maximum absolute atomic E-state index is 14.7. The number of carbonyl (C=O) groups is 3. The first kappa shape index (κ1) is 28.5. The van der Waals surface area contributed by atoms with Crippen molar-refractivity contribution < 1.29 is 41.1 Å². The Morgan fingerprint density at radius 3 is 2.46 bits per heavy atom. The number of anilines is 2. The molecule has 4 rings (SSSR count). The molecule has 208 valence electrons. The van der Waals surface area contributed by atoms with Gasteiger partial charge in [0.1, 0.15) is 33.1 Å². The topological polar surface area (TPSA) is 83.1 Å². The van der Waals surface area contributed by atoms with Crippen molar-refractivity contribution in [2.45, 2.75) is 38.6 Å². The highest BCUT2D eigenvalue weighted by Gasteiger charge is 2.49. The van der Waals surface area contributed by atoms with Crippen molar-refractivity contribution in [1.29, 1.82) is 0 Å². The van der Waals surface area contributed by atoms with Crippen LogP contribution in [-0.2, 0) is 15.7 Å². The molecule has 15 heteroatoms. The van der Waals surface area contributed by atoms with E-state index in [1.165, 1.54) is 32.2 Å². The van der Waals surface area contributed by atoms with Gasteiger partial charge in [0.05, 0.1) is 17.8 Å².